The summed E-state index contributed by atoms with van der Waals surface area (Å²) in [6.07, 6.45) is -0.224. The van der Waals surface area contributed by atoms with E-state index in [-0.39, 0.29) is 6.09 Å². The average molecular weight is 375 g/mol. The van der Waals surface area contributed by atoms with E-state index in [0.717, 1.165) is 28.0 Å². The summed E-state index contributed by atoms with van der Waals surface area (Å²) in [5.74, 6) is 0. The van der Waals surface area contributed by atoms with Crippen LogP contribution >= 0.6 is 22.6 Å². The average Bonchev–Trinajstić information content (AvgIpc) is 2.39. The summed E-state index contributed by atoms with van der Waals surface area (Å²) in [6, 6.07) is 6.05. The monoisotopic (exact) mass is 375 g/mol. The molecule has 0 spiro atoms. The van der Waals surface area contributed by atoms with Crippen molar-refractivity contribution in [2.45, 2.75) is 6.92 Å². The number of amides is 1. The SMILES string of the molecule is CCOC(=O)N1CCN(c2ccc(I)cc2N)CC1. The van der Waals surface area contributed by atoms with Crippen LogP contribution in [0.3, 0.4) is 0 Å². The molecule has 1 aromatic carbocycles. The quantitative estimate of drug-likeness (QED) is 0.636. The van der Waals surface area contributed by atoms with Crippen LogP contribution in [0.1, 0.15) is 6.92 Å². The molecule has 0 unspecified atom stereocenters. The fourth-order valence-electron chi connectivity index (χ4n) is 2.16. The third kappa shape index (κ3) is 3.43. The lowest BCUT2D eigenvalue weighted by molar-refractivity contribution is 0.105. The first-order valence-electron chi connectivity index (χ1n) is 6.33. The maximum absolute atomic E-state index is 11.6. The molecule has 104 valence electrons. The molecule has 0 bridgehead atoms. The van der Waals surface area contributed by atoms with E-state index in [1.165, 1.54) is 0 Å². The van der Waals surface area contributed by atoms with Gasteiger partial charge in [0.15, 0.2) is 0 Å². The van der Waals surface area contributed by atoms with Crippen LogP contribution < -0.4 is 10.6 Å². The normalized spacial score (nSPS) is 15.5. The molecule has 2 N–H and O–H groups in total. The molecule has 1 fully saturated rings. The molecule has 2 rings (SSSR count). The molecule has 1 amide bonds. The van der Waals surface area contributed by atoms with Crippen molar-refractivity contribution in [1.82, 2.24) is 4.90 Å². The van der Waals surface area contributed by atoms with Crippen molar-refractivity contribution in [3.05, 3.63) is 21.8 Å². The first-order chi connectivity index (χ1) is 9.11. The van der Waals surface area contributed by atoms with Crippen LogP contribution in [0, 0.1) is 3.57 Å². The predicted octanol–water partition coefficient (Wildman–Crippen LogP) is 2.15. The van der Waals surface area contributed by atoms with Crippen molar-refractivity contribution in [2.24, 2.45) is 0 Å². The molecule has 6 heteroatoms. The summed E-state index contributed by atoms with van der Waals surface area (Å²) in [5.41, 5.74) is 7.88. The number of benzene rings is 1. The summed E-state index contributed by atoms with van der Waals surface area (Å²) in [6.45, 7) is 5.14. The fraction of sp³-hybridized carbons (Fsp3) is 0.462. The Labute approximate surface area is 126 Å². The highest BCUT2D eigenvalue weighted by molar-refractivity contribution is 14.1. The maximum atomic E-state index is 11.6. The Balaban J connectivity index is 1.98. The molecule has 0 aliphatic carbocycles. The van der Waals surface area contributed by atoms with Gasteiger partial charge in [0.25, 0.3) is 0 Å². The molecule has 1 saturated heterocycles. The topological polar surface area (TPSA) is 58.8 Å². The van der Waals surface area contributed by atoms with E-state index in [4.69, 9.17) is 10.5 Å². The summed E-state index contributed by atoms with van der Waals surface area (Å²) in [5, 5.41) is 0. The van der Waals surface area contributed by atoms with E-state index in [9.17, 15) is 4.79 Å². The van der Waals surface area contributed by atoms with Gasteiger partial charge in [-0.25, -0.2) is 4.79 Å². The second-order valence-electron chi connectivity index (χ2n) is 4.38. The second kappa shape index (κ2) is 6.31. The Morgan fingerprint density at radius 2 is 2.05 bits per heavy atom. The zero-order chi connectivity index (χ0) is 13.8. The van der Waals surface area contributed by atoms with Crippen LogP contribution in [0.25, 0.3) is 0 Å². The third-order valence-electron chi connectivity index (χ3n) is 3.14. The van der Waals surface area contributed by atoms with Gasteiger partial charge in [-0.3, -0.25) is 0 Å². The van der Waals surface area contributed by atoms with Gasteiger partial charge < -0.3 is 20.3 Å². The lowest BCUT2D eigenvalue weighted by atomic mass is 10.2. The van der Waals surface area contributed by atoms with Gasteiger partial charge >= 0.3 is 6.09 Å². The minimum Gasteiger partial charge on any atom is -0.450 e. The summed E-state index contributed by atoms with van der Waals surface area (Å²) in [4.78, 5) is 15.6. The van der Waals surface area contributed by atoms with Gasteiger partial charge in [-0.05, 0) is 47.7 Å². The standard InChI is InChI=1S/C13H18IN3O2/c1-2-19-13(18)17-7-5-16(6-8-17)12-4-3-10(14)9-11(12)15/h3-4,9H,2,5-8,15H2,1H3. The Hall–Kier alpha value is -1.18. The molecule has 19 heavy (non-hydrogen) atoms. The first kappa shape index (κ1) is 14.2. The predicted molar refractivity (Wildman–Crippen MR) is 84.4 cm³/mol. The van der Waals surface area contributed by atoms with Crippen LogP contribution in [0.2, 0.25) is 0 Å². The number of hydrogen-bond acceptors (Lipinski definition) is 4. The van der Waals surface area contributed by atoms with Gasteiger partial charge in [-0.1, -0.05) is 0 Å². The van der Waals surface area contributed by atoms with E-state index in [1.54, 1.807) is 4.90 Å². The number of carbonyl (C=O) groups excluding carboxylic acids is 1. The van der Waals surface area contributed by atoms with Crippen LogP contribution in [0.4, 0.5) is 16.2 Å². The van der Waals surface area contributed by atoms with Gasteiger partial charge in [-0.15, -0.1) is 0 Å². The zero-order valence-electron chi connectivity index (χ0n) is 10.9. The number of halogens is 1. The number of nitrogen functional groups attached to an aromatic ring is 1. The number of nitrogens with two attached hydrogens (primary N) is 1. The Morgan fingerprint density at radius 1 is 1.37 bits per heavy atom. The lowest BCUT2D eigenvalue weighted by Crippen LogP contribution is -2.49. The van der Waals surface area contributed by atoms with E-state index in [0.29, 0.717) is 19.7 Å². The molecular formula is C13H18IN3O2. The highest BCUT2D eigenvalue weighted by Gasteiger charge is 2.22. The number of anilines is 2. The van der Waals surface area contributed by atoms with Gasteiger partial charge in [0, 0.05) is 29.7 Å². The largest absolute Gasteiger partial charge is 0.450 e. The van der Waals surface area contributed by atoms with Crippen LogP contribution in [0.15, 0.2) is 18.2 Å². The minimum atomic E-state index is -0.224. The van der Waals surface area contributed by atoms with Crippen molar-refractivity contribution < 1.29 is 9.53 Å². The molecule has 0 radical (unpaired) electrons. The molecule has 1 aliphatic rings. The molecule has 1 aliphatic heterocycles. The summed E-state index contributed by atoms with van der Waals surface area (Å²) < 4.78 is 6.13. The fourth-order valence-corrected chi connectivity index (χ4v) is 2.67. The Kier molecular flexibility index (Phi) is 4.73. The number of rotatable bonds is 2. The van der Waals surface area contributed by atoms with Crippen molar-refractivity contribution in [3.8, 4) is 0 Å². The van der Waals surface area contributed by atoms with Gasteiger partial charge in [0.05, 0.1) is 18.0 Å². The summed E-state index contributed by atoms with van der Waals surface area (Å²) >= 11 is 2.25. The maximum Gasteiger partial charge on any atom is 0.409 e. The molecule has 5 nitrogen and oxygen atoms in total. The molecule has 0 aromatic heterocycles. The van der Waals surface area contributed by atoms with Crippen LogP contribution in [0.5, 0.6) is 0 Å². The molecule has 0 saturated carbocycles. The zero-order valence-corrected chi connectivity index (χ0v) is 13.1. The molecule has 0 atom stereocenters. The van der Waals surface area contributed by atoms with E-state index in [1.807, 2.05) is 25.1 Å². The van der Waals surface area contributed by atoms with Crippen molar-refractivity contribution in [1.29, 1.82) is 0 Å². The van der Waals surface area contributed by atoms with Crippen molar-refractivity contribution >= 4 is 40.1 Å². The van der Waals surface area contributed by atoms with Crippen LogP contribution in [-0.4, -0.2) is 43.8 Å². The Bertz CT molecular complexity index is 459. The number of ether oxygens (including phenoxy) is 1. The van der Waals surface area contributed by atoms with Gasteiger partial charge in [-0.2, -0.15) is 0 Å². The lowest BCUT2D eigenvalue weighted by Gasteiger charge is -2.36. The third-order valence-corrected chi connectivity index (χ3v) is 3.81. The Morgan fingerprint density at radius 3 is 2.63 bits per heavy atom. The number of nitrogens with zero attached hydrogens (tertiary/aromatic N) is 2. The van der Waals surface area contributed by atoms with E-state index < -0.39 is 0 Å². The number of carbonyl (C=O) groups is 1. The number of hydrogen-bond donors (Lipinski definition) is 1. The second-order valence-corrected chi connectivity index (χ2v) is 5.62. The van der Waals surface area contributed by atoms with E-state index in [2.05, 4.69) is 27.5 Å². The van der Waals surface area contributed by atoms with Crippen molar-refractivity contribution in [2.75, 3.05) is 43.4 Å². The van der Waals surface area contributed by atoms with Gasteiger partial charge in [0.1, 0.15) is 0 Å². The highest BCUT2D eigenvalue weighted by Crippen LogP contribution is 2.26. The summed E-state index contributed by atoms with van der Waals surface area (Å²) in [7, 11) is 0. The first-order valence-corrected chi connectivity index (χ1v) is 7.41. The molecular weight excluding hydrogens is 357 g/mol. The highest BCUT2D eigenvalue weighted by atomic mass is 127. The smallest absolute Gasteiger partial charge is 0.409 e. The molecule has 1 heterocycles. The van der Waals surface area contributed by atoms with Crippen molar-refractivity contribution in [3.63, 3.8) is 0 Å². The van der Waals surface area contributed by atoms with Crippen LogP contribution in [-0.2, 0) is 4.74 Å². The minimum absolute atomic E-state index is 0.224. The number of piperazine rings is 1. The van der Waals surface area contributed by atoms with E-state index >= 15 is 0 Å². The van der Waals surface area contributed by atoms with Gasteiger partial charge in [0.2, 0.25) is 0 Å². The molecule has 1 aromatic rings.